The van der Waals surface area contributed by atoms with Gasteiger partial charge in [-0.1, -0.05) is 30.3 Å². The summed E-state index contributed by atoms with van der Waals surface area (Å²) in [6, 6.07) is 14.3. The lowest BCUT2D eigenvalue weighted by Gasteiger charge is -2.21. The third-order valence-electron chi connectivity index (χ3n) is 3.17. The van der Waals surface area contributed by atoms with Crippen LogP contribution >= 0.6 is 0 Å². The number of nitrogens with zero attached hydrogens (tertiary/aromatic N) is 1. The number of nitrogen functional groups attached to an aromatic ring is 1. The van der Waals surface area contributed by atoms with Gasteiger partial charge in [-0.3, -0.25) is 4.31 Å². The lowest BCUT2D eigenvalue weighted by atomic mass is 10.2. The van der Waals surface area contributed by atoms with E-state index in [1.165, 1.54) is 4.31 Å². The van der Waals surface area contributed by atoms with Gasteiger partial charge < -0.3 is 5.73 Å². The van der Waals surface area contributed by atoms with Crippen LogP contribution in [0.4, 0.5) is 11.4 Å². The van der Waals surface area contributed by atoms with Crippen LogP contribution in [0.15, 0.2) is 48.5 Å². The van der Waals surface area contributed by atoms with E-state index in [4.69, 9.17) is 5.73 Å². The minimum Gasteiger partial charge on any atom is -0.399 e. The molecule has 20 heavy (non-hydrogen) atoms. The fraction of sp³-hybridized carbons (Fsp3) is 0.200. The number of nitrogens with two attached hydrogens (primary N) is 1. The van der Waals surface area contributed by atoms with E-state index in [0.717, 1.165) is 5.56 Å². The van der Waals surface area contributed by atoms with E-state index in [9.17, 15) is 8.42 Å². The molecular weight excluding hydrogens is 272 g/mol. The number of para-hydroxylation sites is 1. The number of sulfonamides is 1. The average molecular weight is 290 g/mol. The highest BCUT2D eigenvalue weighted by atomic mass is 32.2. The molecule has 0 radical (unpaired) electrons. The normalized spacial score (nSPS) is 11.3. The Morgan fingerprint density at radius 2 is 1.80 bits per heavy atom. The summed E-state index contributed by atoms with van der Waals surface area (Å²) in [4.78, 5) is 0. The zero-order valence-corrected chi connectivity index (χ0v) is 12.4. The molecule has 2 N–H and O–H groups in total. The molecule has 0 aliphatic rings. The van der Waals surface area contributed by atoms with Gasteiger partial charge in [0.1, 0.15) is 0 Å². The molecule has 0 fully saturated rings. The Morgan fingerprint density at radius 1 is 1.10 bits per heavy atom. The zero-order valence-electron chi connectivity index (χ0n) is 11.6. The lowest BCUT2D eigenvalue weighted by Crippen LogP contribution is -2.28. The van der Waals surface area contributed by atoms with Crippen LogP contribution in [-0.2, 0) is 15.8 Å². The van der Waals surface area contributed by atoms with E-state index in [1.807, 2.05) is 25.1 Å². The molecule has 0 spiro atoms. The maximum absolute atomic E-state index is 12.4. The number of aryl methyl sites for hydroxylation is 1. The highest BCUT2D eigenvalue weighted by Crippen LogP contribution is 2.23. The molecule has 4 nitrogen and oxygen atoms in total. The van der Waals surface area contributed by atoms with Gasteiger partial charge in [0.2, 0.25) is 10.0 Å². The first-order valence-corrected chi connectivity index (χ1v) is 7.88. The summed E-state index contributed by atoms with van der Waals surface area (Å²) in [6.07, 6.45) is 0. The summed E-state index contributed by atoms with van der Waals surface area (Å²) >= 11 is 0. The third kappa shape index (κ3) is 3.11. The summed E-state index contributed by atoms with van der Waals surface area (Å²) in [5, 5.41) is 0. The smallest absolute Gasteiger partial charge is 0.239 e. The fourth-order valence-corrected chi connectivity index (χ4v) is 3.36. The monoisotopic (exact) mass is 290 g/mol. The first-order chi connectivity index (χ1) is 9.40. The Hall–Kier alpha value is -2.01. The molecule has 0 saturated carbocycles. The van der Waals surface area contributed by atoms with Gasteiger partial charge in [-0.2, -0.15) is 0 Å². The number of rotatable bonds is 4. The molecule has 0 aliphatic carbocycles. The molecule has 0 heterocycles. The molecule has 0 bridgehead atoms. The summed E-state index contributed by atoms with van der Waals surface area (Å²) < 4.78 is 26.2. The van der Waals surface area contributed by atoms with Crippen molar-refractivity contribution in [1.29, 1.82) is 0 Å². The van der Waals surface area contributed by atoms with Crippen LogP contribution in [0, 0.1) is 6.92 Å². The molecule has 0 amide bonds. The Kier molecular flexibility index (Phi) is 3.99. The maximum atomic E-state index is 12.4. The van der Waals surface area contributed by atoms with Crippen molar-refractivity contribution in [2.75, 3.05) is 17.1 Å². The summed E-state index contributed by atoms with van der Waals surface area (Å²) in [7, 11) is -1.85. The van der Waals surface area contributed by atoms with Crippen LogP contribution < -0.4 is 10.0 Å². The Bertz CT molecular complexity index is 711. The summed E-state index contributed by atoms with van der Waals surface area (Å²) in [5.74, 6) is -0.0666. The van der Waals surface area contributed by atoms with Gasteiger partial charge in [-0.05, 0) is 36.2 Å². The van der Waals surface area contributed by atoms with Gasteiger partial charge >= 0.3 is 0 Å². The first-order valence-electron chi connectivity index (χ1n) is 6.27. The molecular formula is C15H18N2O2S. The van der Waals surface area contributed by atoms with Crippen molar-refractivity contribution in [3.8, 4) is 0 Å². The van der Waals surface area contributed by atoms with Crippen LogP contribution in [0.3, 0.4) is 0 Å². The lowest BCUT2D eigenvalue weighted by molar-refractivity contribution is 0.593. The number of hydrogen-bond donors (Lipinski definition) is 1. The van der Waals surface area contributed by atoms with Crippen LogP contribution in [-0.4, -0.2) is 15.5 Å². The minimum absolute atomic E-state index is 0.0666. The molecule has 5 heteroatoms. The zero-order chi connectivity index (χ0) is 14.8. The minimum atomic E-state index is -3.43. The van der Waals surface area contributed by atoms with Gasteiger partial charge in [0, 0.05) is 12.7 Å². The average Bonchev–Trinajstić information content (AvgIpc) is 2.38. The maximum Gasteiger partial charge on any atom is 0.239 e. The van der Waals surface area contributed by atoms with Crippen molar-refractivity contribution < 1.29 is 8.42 Å². The highest BCUT2D eigenvalue weighted by molar-refractivity contribution is 7.92. The molecule has 2 rings (SSSR count). The van der Waals surface area contributed by atoms with Crippen molar-refractivity contribution >= 4 is 21.4 Å². The van der Waals surface area contributed by atoms with E-state index in [1.54, 1.807) is 37.4 Å². The second-order valence-electron chi connectivity index (χ2n) is 4.76. The number of benzene rings is 2. The van der Waals surface area contributed by atoms with Crippen molar-refractivity contribution in [2.24, 2.45) is 0 Å². The van der Waals surface area contributed by atoms with Crippen LogP contribution in [0.2, 0.25) is 0 Å². The van der Waals surface area contributed by atoms with Gasteiger partial charge in [-0.25, -0.2) is 8.42 Å². The molecule has 2 aromatic rings. The first kappa shape index (κ1) is 14.4. The van der Waals surface area contributed by atoms with Crippen molar-refractivity contribution in [1.82, 2.24) is 0 Å². The quantitative estimate of drug-likeness (QED) is 0.880. The van der Waals surface area contributed by atoms with Crippen LogP contribution in [0.1, 0.15) is 11.1 Å². The topological polar surface area (TPSA) is 63.4 Å². The largest absolute Gasteiger partial charge is 0.399 e. The third-order valence-corrected chi connectivity index (χ3v) is 4.90. The van der Waals surface area contributed by atoms with E-state index >= 15 is 0 Å². The molecule has 0 atom stereocenters. The van der Waals surface area contributed by atoms with Crippen molar-refractivity contribution in [3.05, 3.63) is 59.7 Å². The molecule has 0 aromatic heterocycles. The highest BCUT2D eigenvalue weighted by Gasteiger charge is 2.20. The second-order valence-corrected chi connectivity index (χ2v) is 6.76. The second kappa shape index (κ2) is 5.54. The molecule has 0 aliphatic heterocycles. The van der Waals surface area contributed by atoms with E-state index in [0.29, 0.717) is 16.9 Å². The SMILES string of the molecule is Cc1ccccc1N(C)S(=O)(=O)Cc1cccc(N)c1. The number of hydrogen-bond acceptors (Lipinski definition) is 3. The Morgan fingerprint density at radius 3 is 2.45 bits per heavy atom. The van der Waals surface area contributed by atoms with Gasteiger partial charge in [0.05, 0.1) is 11.4 Å². The van der Waals surface area contributed by atoms with E-state index < -0.39 is 10.0 Å². The standard InChI is InChI=1S/C15H18N2O2S/c1-12-6-3-4-9-15(12)17(2)20(18,19)11-13-7-5-8-14(16)10-13/h3-10H,11,16H2,1-2H3. The van der Waals surface area contributed by atoms with E-state index in [2.05, 4.69) is 0 Å². The Labute approximate surface area is 119 Å². The molecule has 106 valence electrons. The van der Waals surface area contributed by atoms with Gasteiger partial charge in [-0.15, -0.1) is 0 Å². The molecule has 0 unspecified atom stereocenters. The fourth-order valence-electron chi connectivity index (χ4n) is 2.06. The Balaban J connectivity index is 2.29. The van der Waals surface area contributed by atoms with Crippen molar-refractivity contribution in [3.63, 3.8) is 0 Å². The van der Waals surface area contributed by atoms with Crippen LogP contribution in [0.25, 0.3) is 0 Å². The molecule has 0 saturated heterocycles. The van der Waals surface area contributed by atoms with Gasteiger partial charge in [0.15, 0.2) is 0 Å². The van der Waals surface area contributed by atoms with Crippen LogP contribution in [0.5, 0.6) is 0 Å². The predicted octanol–water partition coefficient (Wildman–Crippen LogP) is 2.54. The molecule has 2 aromatic carbocycles. The summed E-state index contributed by atoms with van der Waals surface area (Å²) in [5.41, 5.74) is 8.55. The summed E-state index contributed by atoms with van der Waals surface area (Å²) in [6.45, 7) is 1.89. The predicted molar refractivity (Wildman–Crippen MR) is 83.1 cm³/mol. The number of anilines is 2. The van der Waals surface area contributed by atoms with Crippen molar-refractivity contribution in [2.45, 2.75) is 12.7 Å². The van der Waals surface area contributed by atoms with E-state index in [-0.39, 0.29) is 5.75 Å². The van der Waals surface area contributed by atoms with Gasteiger partial charge in [0.25, 0.3) is 0 Å².